The van der Waals surface area contributed by atoms with E-state index in [-0.39, 0.29) is 0 Å². The van der Waals surface area contributed by atoms with Gasteiger partial charge in [0.25, 0.3) is 0 Å². The molecule has 0 saturated heterocycles. The lowest BCUT2D eigenvalue weighted by molar-refractivity contribution is -0.173. The molecule has 1 aromatic rings. The zero-order chi connectivity index (χ0) is 15.2. The number of fused-ring (bicyclic) bond motifs is 1. The van der Waals surface area contributed by atoms with Crippen molar-refractivity contribution < 1.29 is 28.5 Å². The zero-order valence-corrected chi connectivity index (χ0v) is 12.5. The number of esters is 1. The van der Waals surface area contributed by atoms with Crippen molar-refractivity contribution in [3.8, 4) is 17.2 Å². The van der Waals surface area contributed by atoms with Crippen LogP contribution in [-0.2, 0) is 9.47 Å². The van der Waals surface area contributed by atoms with E-state index >= 15 is 0 Å². The predicted octanol–water partition coefficient (Wildman–Crippen LogP) is 2.74. The summed E-state index contributed by atoms with van der Waals surface area (Å²) in [7, 11) is 1.33. The number of benzene rings is 1. The fourth-order valence-electron chi connectivity index (χ4n) is 1.88. The molecule has 1 aliphatic heterocycles. The van der Waals surface area contributed by atoms with Crippen molar-refractivity contribution in [2.45, 2.75) is 33.2 Å². The second-order valence-corrected chi connectivity index (χ2v) is 4.47. The second-order valence-electron chi connectivity index (χ2n) is 4.47. The van der Waals surface area contributed by atoms with E-state index in [0.717, 1.165) is 12.8 Å². The number of unbranched alkanes of at least 4 members (excludes halogenated alkanes) is 1. The number of carbonyl (C=O) groups excluding carboxylic acids is 1. The summed E-state index contributed by atoms with van der Waals surface area (Å²) in [6, 6.07) is 3.16. The molecule has 6 heteroatoms. The SMILES string of the molecule is CCCCOc1cc(C(=O)OC)cc2c1OC(OCC)O2. The van der Waals surface area contributed by atoms with Crippen molar-refractivity contribution >= 4 is 5.97 Å². The summed E-state index contributed by atoms with van der Waals surface area (Å²) in [5, 5.41) is 0. The molecule has 0 saturated carbocycles. The van der Waals surface area contributed by atoms with E-state index < -0.39 is 12.4 Å². The van der Waals surface area contributed by atoms with Crippen molar-refractivity contribution in [2.75, 3.05) is 20.3 Å². The smallest absolute Gasteiger partial charge is 0.361 e. The molecule has 2 rings (SSSR count). The summed E-state index contributed by atoms with van der Waals surface area (Å²) >= 11 is 0. The molecule has 1 aliphatic rings. The topological polar surface area (TPSA) is 63.2 Å². The van der Waals surface area contributed by atoms with Gasteiger partial charge in [0.2, 0.25) is 5.75 Å². The molecular formula is C15H20O6. The standard InChI is InChI=1S/C15H20O6/c1-4-6-7-19-11-8-10(14(16)17-3)9-12-13(11)21-15(20-12)18-5-2/h8-9,15H,4-7H2,1-3H3. The Balaban J connectivity index is 2.25. The van der Waals surface area contributed by atoms with E-state index in [1.54, 1.807) is 12.1 Å². The third-order valence-electron chi connectivity index (χ3n) is 2.94. The van der Waals surface area contributed by atoms with Gasteiger partial charge in [-0.1, -0.05) is 13.3 Å². The van der Waals surface area contributed by atoms with Crippen LogP contribution in [0.25, 0.3) is 0 Å². The lowest BCUT2D eigenvalue weighted by Crippen LogP contribution is -2.21. The summed E-state index contributed by atoms with van der Waals surface area (Å²) in [5.74, 6) is 0.880. The average Bonchev–Trinajstić information content (AvgIpc) is 2.89. The fraction of sp³-hybridized carbons (Fsp3) is 0.533. The Labute approximate surface area is 123 Å². The molecule has 1 aromatic carbocycles. The van der Waals surface area contributed by atoms with Crippen molar-refractivity contribution in [3.05, 3.63) is 17.7 Å². The first-order valence-corrected chi connectivity index (χ1v) is 7.03. The van der Waals surface area contributed by atoms with Crippen LogP contribution in [-0.4, -0.2) is 32.8 Å². The van der Waals surface area contributed by atoms with Crippen molar-refractivity contribution in [2.24, 2.45) is 0 Å². The minimum Gasteiger partial charge on any atom is -0.490 e. The summed E-state index contributed by atoms with van der Waals surface area (Å²) in [6.45, 7) is 4.09. The van der Waals surface area contributed by atoms with E-state index in [0.29, 0.717) is 36.0 Å². The first-order chi connectivity index (χ1) is 10.2. The maximum Gasteiger partial charge on any atom is 0.361 e. The first kappa shape index (κ1) is 15.4. The van der Waals surface area contributed by atoms with Gasteiger partial charge in [-0.15, -0.1) is 0 Å². The van der Waals surface area contributed by atoms with Gasteiger partial charge in [0.1, 0.15) is 0 Å². The molecule has 0 aromatic heterocycles. The predicted molar refractivity (Wildman–Crippen MR) is 74.9 cm³/mol. The Bertz CT molecular complexity index is 499. The van der Waals surface area contributed by atoms with Crippen LogP contribution in [0.15, 0.2) is 12.1 Å². The Morgan fingerprint density at radius 2 is 2.10 bits per heavy atom. The molecule has 0 fully saturated rings. The van der Waals surface area contributed by atoms with Crippen molar-refractivity contribution in [3.63, 3.8) is 0 Å². The van der Waals surface area contributed by atoms with Gasteiger partial charge in [-0.25, -0.2) is 4.79 Å². The zero-order valence-electron chi connectivity index (χ0n) is 12.5. The highest BCUT2D eigenvalue weighted by Crippen LogP contribution is 2.44. The number of hydrogen-bond acceptors (Lipinski definition) is 6. The molecule has 0 amide bonds. The Kier molecular flexibility index (Phi) is 5.27. The van der Waals surface area contributed by atoms with Crippen LogP contribution < -0.4 is 14.2 Å². The second kappa shape index (κ2) is 7.17. The Hall–Kier alpha value is -1.95. The van der Waals surface area contributed by atoms with E-state index in [2.05, 4.69) is 6.92 Å². The summed E-state index contributed by atoms with van der Waals surface area (Å²) in [5.41, 5.74) is 0.350. The quantitative estimate of drug-likeness (QED) is 0.569. The molecule has 1 unspecified atom stereocenters. The first-order valence-electron chi connectivity index (χ1n) is 7.03. The Morgan fingerprint density at radius 1 is 1.29 bits per heavy atom. The van der Waals surface area contributed by atoms with Gasteiger partial charge in [0, 0.05) is 0 Å². The maximum atomic E-state index is 11.7. The third-order valence-corrected chi connectivity index (χ3v) is 2.94. The number of methoxy groups -OCH3 is 1. The maximum absolute atomic E-state index is 11.7. The van der Waals surface area contributed by atoms with Gasteiger partial charge in [0.15, 0.2) is 11.5 Å². The van der Waals surface area contributed by atoms with Gasteiger partial charge in [-0.05, 0) is 25.5 Å². The molecule has 0 radical (unpaired) electrons. The molecule has 1 heterocycles. The van der Waals surface area contributed by atoms with Gasteiger partial charge in [-0.3, -0.25) is 0 Å². The van der Waals surface area contributed by atoms with Gasteiger partial charge < -0.3 is 23.7 Å². The van der Waals surface area contributed by atoms with Crippen molar-refractivity contribution in [1.82, 2.24) is 0 Å². The van der Waals surface area contributed by atoms with Gasteiger partial charge >= 0.3 is 12.4 Å². The molecule has 0 aliphatic carbocycles. The molecule has 1 atom stereocenters. The number of ether oxygens (including phenoxy) is 5. The minimum atomic E-state index is -0.813. The van der Waals surface area contributed by atoms with Crippen LogP contribution in [0, 0.1) is 0 Å². The molecule has 116 valence electrons. The van der Waals surface area contributed by atoms with Crippen LogP contribution in [0.4, 0.5) is 0 Å². The molecule has 0 bridgehead atoms. The third kappa shape index (κ3) is 3.58. The molecular weight excluding hydrogens is 276 g/mol. The van der Waals surface area contributed by atoms with E-state index in [4.69, 9.17) is 23.7 Å². The van der Waals surface area contributed by atoms with Crippen LogP contribution in [0.3, 0.4) is 0 Å². The number of rotatable bonds is 7. The van der Waals surface area contributed by atoms with Crippen LogP contribution in [0.1, 0.15) is 37.0 Å². The average molecular weight is 296 g/mol. The van der Waals surface area contributed by atoms with Crippen LogP contribution in [0.2, 0.25) is 0 Å². The van der Waals surface area contributed by atoms with Gasteiger partial charge in [0.05, 0.1) is 25.9 Å². The summed E-state index contributed by atoms with van der Waals surface area (Å²) in [4.78, 5) is 11.7. The minimum absolute atomic E-state index is 0.350. The molecule has 21 heavy (non-hydrogen) atoms. The normalized spacial score (nSPS) is 15.9. The summed E-state index contributed by atoms with van der Waals surface area (Å²) < 4.78 is 26.7. The number of hydrogen-bond donors (Lipinski definition) is 0. The molecule has 0 N–H and O–H groups in total. The molecule has 0 spiro atoms. The molecule has 6 nitrogen and oxygen atoms in total. The van der Waals surface area contributed by atoms with Gasteiger partial charge in [-0.2, -0.15) is 0 Å². The van der Waals surface area contributed by atoms with Crippen LogP contribution >= 0.6 is 0 Å². The highest BCUT2D eigenvalue weighted by Gasteiger charge is 2.30. The highest BCUT2D eigenvalue weighted by molar-refractivity contribution is 5.91. The number of carbonyl (C=O) groups is 1. The van der Waals surface area contributed by atoms with E-state index in [1.165, 1.54) is 7.11 Å². The summed E-state index contributed by atoms with van der Waals surface area (Å²) in [6.07, 6.45) is 1.92. The fourth-order valence-corrected chi connectivity index (χ4v) is 1.88. The van der Waals surface area contributed by atoms with E-state index in [9.17, 15) is 4.79 Å². The van der Waals surface area contributed by atoms with E-state index in [1.807, 2.05) is 6.92 Å². The van der Waals surface area contributed by atoms with Crippen molar-refractivity contribution in [1.29, 1.82) is 0 Å². The lowest BCUT2D eigenvalue weighted by Gasteiger charge is -2.10. The lowest BCUT2D eigenvalue weighted by atomic mass is 10.2. The van der Waals surface area contributed by atoms with Crippen LogP contribution in [0.5, 0.6) is 17.2 Å². The largest absolute Gasteiger partial charge is 0.490 e. The Morgan fingerprint density at radius 3 is 2.76 bits per heavy atom. The highest BCUT2D eigenvalue weighted by atomic mass is 16.9. The monoisotopic (exact) mass is 296 g/mol.